The Labute approximate surface area is 150 Å². The smallest absolute Gasteiger partial charge is 0.303 e. The molecule has 0 saturated carbocycles. The van der Waals surface area contributed by atoms with E-state index in [4.69, 9.17) is 5.11 Å². The summed E-state index contributed by atoms with van der Waals surface area (Å²) in [5.41, 5.74) is 1.18. The monoisotopic (exact) mass is 355 g/mol. The van der Waals surface area contributed by atoms with Crippen molar-refractivity contribution in [2.45, 2.75) is 32.6 Å². The molecule has 0 atom stereocenters. The zero-order valence-electron chi connectivity index (χ0n) is 14.2. The van der Waals surface area contributed by atoms with E-state index in [1.807, 2.05) is 25.1 Å². The van der Waals surface area contributed by atoms with E-state index < -0.39 is 5.97 Å². The van der Waals surface area contributed by atoms with Gasteiger partial charge in [0.25, 0.3) is 0 Å². The molecule has 0 spiro atoms. The van der Waals surface area contributed by atoms with Crippen LogP contribution in [0.25, 0.3) is 20.7 Å². The number of nitrogens with one attached hydrogen (secondary N) is 1. The molecule has 0 aliphatic rings. The van der Waals surface area contributed by atoms with Crippen molar-refractivity contribution in [3.8, 4) is 10.4 Å². The van der Waals surface area contributed by atoms with Gasteiger partial charge >= 0.3 is 5.97 Å². The third-order valence-corrected chi connectivity index (χ3v) is 5.00. The summed E-state index contributed by atoms with van der Waals surface area (Å²) in [5, 5.41) is 13.1. The van der Waals surface area contributed by atoms with Gasteiger partial charge in [-0.1, -0.05) is 36.8 Å². The standard InChI is InChI=1S/C19H21N3O2S/c1-13-21-18(20-11-7-3-6-10-17(23)24)15-12-16(25-19(15)22-13)14-8-4-2-5-9-14/h2,4-5,8-9,12H,3,6-7,10-11H2,1H3,(H,23,24)(H,20,21,22). The van der Waals surface area contributed by atoms with Crippen molar-refractivity contribution in [2.75, 3.05) is 11.9 Å². The summed E-state index contributed by atoms with van der Waals surface area (Å²) < 4.78 is 0. The molecule has 3 rings (SSSR count). The molecule has 0 amide bonds. The van der Waals surface area contributed by atoms with Gasteiger partial charge in [-0.05, 0) is 31.4 Å². The molecule has 0 aliphatic heterocycles. The zero-order valence-corrected chi connectivity index (χ0v) is 15.0. The third kappa shape index (κ3) is 4.54. The predicted molar refractivity (Wildman–Crippen MR) is 102 cm³/mol. The fraction of sp³-hybridized carbons (Fsp3) is 0.316. The van der Waals surface area contributed by atoms with Gasteiger partial charge in [0.05, 0.1) is 5.39 Å². The summed E-state index contributed by atoms with van der Waals surface area (Å²) in [7, 11) is 0. The molecule has 0 radical (unpaired) electrons. The first-order valence-electron chi connectivity index (χ1n) is 8.43. The quantitative estimate of drug-likeness (QED) is 0.572. The lowest BCUT2D eigenvalue weighted by atomic mass is 10.2. The van der Waals surface area contributed by atoms with Crippen molar-refractivity contribution in [2.24, 2.45) is 0 Å². The summed E-state index contributed by atoms with van der Waals surface area (Å²) in [6, 6.07) is 12.4. The van der Waals surface area contributed by atoms with Gasteiger partial charge in [0, 0.05) is 17.8 Å². The molecule has 0 unspecified atom stereocenters. The minimum atomic E-state index is -0.729. The number of aromatic nitrogens is 2. The number of aryl methyl sites for hydroxylation is 1. The second-order valence-corrected chi connectivity index (χ2v) is 6.98. The van der Waals surface area contributed by atoms with Crippen LogP contribution >= 0.6 is 11.3 Å². The summed E-state index contributed by atoms with van der Waals surface area (Å²) in [4.78, 5) is 21.8. The van der Waals surface area contributed by atoms with Gasteiger partial charge in [0.1, 0.15) is 16.5 Å². The first-order chi connectivity index (χ1) is 12.1. The number of hydrogen-bond acceptors (Lipinski definition) is 5. The molecule has 2 N–H and O–H groups in total. The summed E-state index contributed by atoms with van der Waals surface area (Å²) >= 11 is 1.67. The molecular formula is C19H21N3O2S. The Kier molecular flexibility index (Phi) is 5.60. The number of thiophene rings is 1. The van der Waals surface area contributed by atoms with Gasteiger partial charge in [-0.25, -0.2) is 9.97 Å². The number of anilines is 1. The molecule has 25 heavy (non-hydrogen) atoms. The van der Waals surface area contributed by atoms with Crippen LogP contribution in [-0.4, -0.2) is 27.6 Å². The number of carbonyl (C=O) groups is 1. The van der Waals surface area contributed by atoms with Gasteiger partial charge in [-0.15, -0.1) is 11.3 Å². The molecule has 0 aliphatic carbocycles. The highest BCUT2D eigenvalue weighted by Gasteiger charge is 2.11. The van der Waals surface area contributed by atoms with E-state index in [0.717, 1.165) is 41.2 Å². The van der Waals surface area contributed by atoms with Gasteiger partial charge in [0.15, 0.2) is 0 Å². The lowest BCUT2D eigenvalue weighted by Gasteiger charge is -2.07. The van der Waals surface area contributed by atoms with Crippen LogP contribution in [0.15, 0.2) is 36.4 Å². The van der Waals surface area contributed by atoms with Crippen LogP contribution in [0, 0.1) is 6.92 Å². The van der Waals surface area contributed by atoms with Crippen LogP contribution < -0.4 is 5.32 Å². The van der Waals surface area contributed by atoms with E-state index >= 15 is 0 Å². The number of nitrogens with zero attached hydrogens (tertiary/aromatic N) is 2. The highest BCUT2D eigenvalue weighted by molar-refractivity contribution is 7.21. The van der Waals surface area contributed by atoms with Crippen molar-refractivity contribution in [3.05, 3.63) is 42.2 Å². The van der Waals surface area contributed by atoms with Crippen LogP contribution in [0.5, 0.6) is 0 Å². The summed E-state index contributed by atoms with van der Waals surface area (Å²) in [6.07, 6.45) is 2.77. The van der Waals surface area contributed by atoms with Gasteiger partial charge < -0.3 is 10.4 Å². The molecule has 2 aromatic heterocycles. The number of aliphatic carboxylic acids is 1. The summed E-state index contributed by atoms with van der Waals surface area (Å²) in [5.74, 6) is 0.884. The number of fused-ring (bicyclic) bond motifs is 1. The molecule has 3 aromatic rings. The molecule has 0 bridgehead atoms. The van der Waals surface area contributed by atoms with E-state index in [0.29, 0.717) is 6.42 Å². The highest BCUT2D eigenvalue weighted by atomic mass is 32.1. The molecule has 6 heteroatoms. The average Bonchev–Trinajstić information content (AvgIpc) is 3.02. The van der Waals surface area contributed by atoms with E-state index in [-0.39, 0.29) is 6.42 Å². The average molecular weight is 355 g/mol. The minimum Gasteiger partial charge on any atom is -0.481 e. The van der Waals surface area contributed by atoms with Crippen molar-refractivity contribution >= 4 is 33.3 Å². The third-order valence-electron chi connectivity index (χ3n) is 3.92. The normalized spacial score (nSPS) is 10.9. The maximum Gasteiger partial charge on any atom is 0.303 e. The molecule has 5 nitrogen and oxygen atoms in total. The lowest BCUT2D eigenvalue weighted by molar-refractivity contribution is -0.137. The number of benzene rings is 1. The van der Waals surface area contributed by atoms with Gasteiger partial charge in [-0.2, -0.15) is 0 Å². The minimum absolute atomic E-state index is 0.238. The highest BCUT2D eigenvalue weighted by Crippen LogP contribution is 2.35. The first-order valence-corrected chi connectivity index (χ1v) is 9.24. The van der Waals surface area contributed by atoms with Crippen LogP contribution in [0.2, 0.25) is 0 Å². The van der Waals surface area contributed by atoms with Crippen molar-refractivity contribution in [1.82, 2.24) is 9.97 Å². The summed E-state index contributed by atoms with van der Waals surface area (Å²) in [6.45, 7) is 2.68. The zero-order chi connectivity index (χ0) is 17.6. The van der Waals surface area contributed by atoms with Crippen molar-refractivity contribution < 1.29 is 9.90 Å². The number of hydrogen-bond donors (Lipinski definition) is 2. The Balaban J connectivity index is 1.72. The Bertz CT molecular complexity index is 862. The Hall–Kier alpha value is -2.47. The molecule has 2 heterocycles. The maximum absolute atomic E-state index is 10.5. The molecule has 130 valence electrons. The first kappa shape index (κ1) is 17.4. The number of unbranched alkanes of at least 4 members (excludes halogenated alkanes) is 2. The SMILES string of the molecule is Cc1nc(NCCCCCC(=O)O)c2cc(-c3ccccc3)sc2n1. The van der Waals surface area contributed by atoms with Crippen LogP contribution in [-0.2, 0) is 4.79 Å². The van der Waals surface area contributed by atoms with E-state index in [9.17, 15) is 4.79 Å². The van der Waals surface area contributed by atoms with Gasteiger partial charge in [0.2, 0.25) is 0 Å². The van der Waals surface area contributed by atoms with E-state index in [1.54, 1.807) is 11.3 Å². The number of carboxylic acids is 1. The fourth-order valence-corrected chi connectivity index (χ4v) is 3.77. The van der Waals surface area contributed by atoms with Crippen LogP contribution in [0.1, 0.15) is 31.5 Å². The lowest BCUT2D eigenvalue weighted by Crippen LogP contribution is -2.05. The van der Waals surface area contributed by atoms with Crippen molar-refractivity contribution in [3.63, 3.8) is 0 Å². The Morgan fingerprint density at radius 2 is 1.96 bits per heavy atom. The van der Waals surface area contributed by atoms with E-state index in [2.05, 4.69) is 33.5 Å². The molecule has 0 saturated heterocycles. The Morgan fingerprint density at radius 1 is 1.16 bits per heavy atom. The maximum atomic E-state index is 10.5. The number of carboxylic acid groups (broad SMARTS) is 1. The second kappa shape index (κ2) is 8.07. The molecule has 0 fully saturated rings. The predicted octanol–water partition coefficient (Wildman–Crippen LogP) is 4.72. The molecule has 1 aromatic carbocycles. The number of rotatable bonds is 8. The fourth-order valence-electron chi connectivity index (χ4n) is 2.69. The molecular weight excluding hydrogens is 334 g/mol. The van der Waals surface area contributed by atoms with Gasteiger partial charge in [-0.3, -0.25) is 4.79 Å². The second-order valence-electron chi connectivity index (χ2n) is 5.95. The largest absolute Gasteiger partial charge is 0.481 e. The Morgan fingerprint density at radius 3 is 2.72 bits per heavy atom. The van der Waals surface area contributed by atoms with Crippen LogP contribution in [0.3, 0.4) is 0 Å². The van der Waals surface area contributed by atoms with Crippen LogP contribution in [0.4, 0.5) is 5.82 Å². The van der Waals surface area contributed by atoms with Crippen molar-refractivity contribution in [1.29, 1.82) is 0 Å². The topological polar surface area (TPSA) is 75.1 Å². The van der Waals surface area contributed by atoms with E-state index in [1.165, 1.54) is 10.4 Å².